The van der Waals surface area contributed by atoms with E-state index >= 15 is 0 Å². The fraction of sp³-hybridized carbons (Fsp3) is 0.500. The summed E-state index contributed by atoms with van der Waals surface area (Å²) in [5, 5.41) is 0. The lowest BCUT2D eigenvalue weighted by molar-refractivity contribution is 0.280. The number of rotatable bonds is 5. The quantitative estimate of drug-likeness (QED) is 0.473. The summed E-state index contributed by atoms with van der Waals surface area (Å²) in [6.45, 7) is 1.80. The van der Waals surface area contributed by atoms with E-state index < -0.39 is 0 Å². The largest absolute Gasteiger partial charge is 0.492 e. The van der Waals surface area contributed by atoms with Gasteiger partial charge in [-0.2, -0.15) is 0 Å². The van der Waals surface area contributed by atoms with Gasteiger partial charge in [-0.3, -0.25) is 0 Å². The van der Waals surface area contributed by atoms with E-state index in [2.05, 4.69) is 46.6 Å². The topological polar surface area (TPSA) is 25.4 Å². The predicted octanol–water partition coefficient (Wildman–Crippen LogP) is 2.02. The van der Waals surface area contributed by atoms with Gasteiger partial charge in [-0.15, -0.1) is 0 Å². The smallest absolute Gasteiger partial charge is 0.137 e. The molecule has 0 spiro atoms. The van der Waals surface area contributed by atoms with E-state index in [0.29, 0.717) is 0 Å². The van der Waals surface area contributed by atoms with Gasteiger partial charge >= 0.3 is 0 Å². The molecule has 0 amide bonds. The fourth-order valence-electron chi connectivity index (χ4n) is 1.02. The summed E-state index contributed by atoms with van der Waals surface area (Å²) in [5.41, 5.74) is 0. The molecule has 0 atom stereocenters. The molecule has 14 heavy (non-hydrogen) atoms. The van der Waals surface area contributed by atoms with Crippen LogP contribution in [-0.2, 0) is 0 Å². The first-order chi connectivity index (χ1) is 6.68. The molecule has 0 radical (unpaired) electrons. The number of nitrogens with zero attached hydrogens (tertiary/aromatic N) is 2. The van der Waals surface area contributed by atoms with Crippen LogP contribution in [0.3, 0.4) is 0 Å². The molecular weight excluding hydrogens is 291 g/mol. The van der Waals surface area contributed by atoms with Gasteiger partial charge in [-0.1, -0.05) is 0 Å². The van der Waals surface area contributed by atoms with Gasteiger partial charge in [0.2, 0.25) is 0 Å². The second-order valence-electron chi connectivity index (χ2n) is 3.32. The molecule has 0 aromatic carbocycles. The Balaban J connectivity index is 2.21. The molecule has 0 aliphatic heterocycles. The van der Waals surface area contributed by atoms with Gasteiger partial charge in [0.05, 0.1) is 12.8 Å². The maximum Gasteiger partial charge on any atom is 0.137 e. The van der Waals surface area contributed by atoms with Gasteiger partial charge in [-0.05, 0) is 55.2 Å². The highest BCUT2D eigenvalue weighted by Crippen LogP contribution is 2.10. The van der Waals surface area contributed by atoms with Crippen molar-refractivity contribution in [3.63, 3.8) is 0 Å². The van der Waals surface area contributed by atoms with E-state index in [1.54, 1.807) is 6.20 Å². The van der Waals surface area contributed by atoms with Crippen LogP contribution in [-0.4, -0.2) is 37.1 Å². The summed E-state index contributed by atoms with van der Waals surface area (Å²) in [7, 11) is 4.12. The van der Waals surface area contributed by atoms with Gasteiger partial charge in [0.25, 0.3) is 0 Å². The molecule has 1 aromatic rings. The molecule has 0 N–H and O–H groups in total. The lowest BCUT2D eigenvalue weighted by Crippen LogP contribution is -2.15. The Bertz CT molecular complexity index is 261. The van der Waals surface area contributed by atoms with Crippen LogP contribution in [0.15, 0.2) is 18.3 Å². The number of hydrogen-bond acceptors (Lipinski definition) is 3. The highest BCUT2D eigenvalue weighted by Gasteiger charge is 1.95. The molecule has 3 nitrogen and oxygen atoms in total. The standard InChI is InChI=1S/C10H15IN2O/c1-13(2)6-3-7-14-9-4-5-10(11)12-8-9/h4-5,8H,3,6-7H2,1-2H3. The molecule has 78 valence electrons. The van der Waals surface area contributed by atoms with Crippen LogP contribution in [0.2, 0.25) is 0 Å². The third-order valence-electron chi connectivity index (χ3n) is 1.72. The van der Waals surface area contributed by atoms with Crippen LogP contribution in [0.25, 0.3) is 0 Å². The molecule has 1 heterocycles. The molecule has 0 fully saturated rings. The Morgan fingerprint density at radius 1 is 1.43 bits per heavy atom. The number of ether oxygens (including phenoxy) is 1. The Morgan fingerprint density at radius 3 is 2.79 bits per heavy atom. The van der Waals surface area contributed by atoms with Crippen LogP contribution in [0.5, 0.6) is 5.75 Å². The van der Waals surface area contributed by atoms with E-state index in [1.165, 1.54) is 0 Å². The SMILES string of the molecule is CN(C)CCCOc1ccc(I)nc1. The summed E-state index contributed by atoms with van der Waals surface area (Å²) < 4.78 is 6.51. The molecule has 1 rings (SSSR count). The first-order valence-electron chi connectivity index (χ1n) is 4.57. The minimum absolute atomic E-state index is 0.750. The lowest BCUT2D eigenvalue weighted by Gasteiger charge is -2.09. The van der Waals surface area contributed by atoms with Gasteiger partial charge in [0.1, 0.15) is 9.45 Å². The minimum atomic E-state index is 0.750. The maximum atomic E-state index is 5.52. The van der Waals surface area contributed by atoms with Crippen LogP contribution in [0, 0.1) is 3.70 Å². The van der Waals surface area contributed by atoms with E-state index in [0.717, 1.165) is 29.0 Å². The second kappa shape index (κ2) is 6.19. The van der Waals surface area contributed by atoms with Crippen molar-refractivity contribution in [1.82, 2.24) is 9.88 Å². The zero-order chi connectivity index (χ0) is 10.4. The van der Waals surface area contributed by atoms with Crippen molar-refractivity contribution in [2.75, 3.05) is 27.2 Å². The zero-order valence-corrected chi connectivity index (χ0v) is 10.7. The molecule has 0 saturated heterocycles. The van der Waals surface area contributed by atoms with E-state index in [-0.39, 0.29) is 0 Å². The van der Waals surface area contributed by atoms with Crippen LogP contribution in [0.1, 0.15) is 6.42 Å². The van der Waals surface area contributed by atoms with Crippen LogP contribution >= 0.6 is 22.6 Å². The Hall–Kier alpha value is -0.360. The van der Waals surface area contributed by atoms with Gasteiger partial charge in [-0.25, -0.2) is 4.98 Å². The number of halogens is 1. The van der Waals surface area contributed by atoms with Crippen LogP contribution in [0.4, 0.5) is 0 Å². The highest BCUT2D eigenvalue weighted by atomic mass is 127. The first kappa shape index (κ1) is 11.7. The summed E-state index contributed by atoms with van der Waals surface area (Å²) in [6.07, 6.45) is 2.80. The Labute approximate surface area is 98.6 Å². The highest BCUT2D eigenvalue weighted by molar-refractivity contribution is 14.1. The Morgan fingerprint density at radius 2 is 2.21 bits per heavy atom. The van der Waals surface area contributed by atoms with Gasteiger partial charge < -0.3 is 9.64 Å². The second-order valence-corrected chi connectivity index (χ2v) is 4.43. The van der Waals surface area contributed by atoms with E-state index in [4.69, 9.17) is 4.74 Å². The first-order valence-corrected chi connectivity index (χ1v) is 5.65. The van der Waals surface area contributed by atoms with Crippen molar-refractivity contribution in [3.8, 4) is 5.75 Å². The van der Waals surface area contributed by atoms with Crippen molar-refractivity contribution >= 4 is 22.6 Å². The van der Waals surface area contributed by atoms with Crippen molar-refractivity contribution < 1.29 is 4.74 Å². The molecule has 0 unspecified atom stereocenters. The maximum absolute atomic E-state index is 5.52. The number of aromatic nitrogens is 1. The van der Waals surface area contributed by atoms with Crippen LogP contribution < -0.4 is 4.74 Å². The molecular formula is C10H15IN2O. The summed E-state index contributed by atoms with van der Waals surface area (Å²) in [5.74, 6) is 0.851. The molecule has 0 bridgehead atoms. The zero-order valence-electron chi connectivity index (χ0n) is 8.53. The third-order valence-corrected chi connectivity index (χ3v) is 2.36. The third kappa shape index (κ3) is 4.76. The van der Waals surface area contributed by atoms with E-state index in [9.17, 15) is 0 Å². The predicted molar refractivity (Wildman–Crippen MR) is 65.6 cm³/mol. The van der Waals surface area contributed by atoms with Gasteiger partial charge in [0, 0.05) is 6.54 Å². The van der Waals surface area contributed by atoms with Crippen molar-refractivity contribution in [2.45, 2.75) is 6.42 Å². The van der Waals surface area contributed by atoms with Crippen molar-refractivity contribution in [1.29, 1.82) is 0 Å². The lowest BCUT2D eigenvalue weighted by atomic mass is 10.4. The van der Waals surface area contributed by atoms with E-state index in [1.807, 2.05) is 12.1 Å². The summed E-state index contributed by atoms with van der Waals surface area (Å²) >= 11 is 2.18. The van der Waals surface area contributed by atoms with Gasteiger partial charge in [0.15, 0.2) is 0 Å². The molecule has 4 heteroatoms. The average Bonchev–Trinajstić information content (AvgIpc) is 2.15. The average molecular weight is 306 g/mol. The molecule has 1 aromatic heterocycles. The monoisotopic (exact) mass is 306 g/mol. The fourth-order valence-corrected chi connectivity index (χ4v) is 1.34. The Kier molecular flexibility index (Phi) is 5.17. The molecule has 0 aliphatic rings. The summed E-state index contributed by atoms with van der Waals surface area (Å²) in [4.78, 5) is 6.29. The van der Waals surface area contributed by atoms with Crippen molar-refractivity contribution in [2.24, 2.45) is 0 Å². The summed E-state index contributed by atoms with van der Waals surface area (Å²) in [6, 6.07) is 3.90. The normalized spacial score (nSPS) is 10.6. The number of pyridine rings is 1. The minimum Gasteiger partial charge on any atom is -0.492 e. The molecule has 0 saturated carbocycles. The van der Waals surface area contributed by atoms with Crippen molar-refractivity contribution in [3.05, 3.63) is 22.0 Å². The number of hydrogen-bond donors (Lipinski definition) is 0. The molecule has 0 aliphatic carbocycles.